The Balaban J connectivity index is 2.01. The molecule has 3 N–H and O–H groups in total. The molecule has 1 saturated carbocycles. The third-order valence-electron chi connectivity index (χ3n) is 4.31. The van der Waals surface area contributed by atoms with Gasteiger partial charge in [0.15, 0.2) is 0 Å². The Morgan fingerprint density at radius 2 is 1.86 bits per heavy atom. The van der Waals surface area contributed by atoms with E-state index in [1.54, 1.807) is 0 Å². The largest absolute Gasteiger partial charge is 0.330 e. The van der Waals surface area contributed by atoms with Crippen molar-refractivity contribution in [3.63, 3.8) is 0 Å². The third-order valence-corrected chi connectivity index (χ3v) is 4.31. The fraction of sp³-hybridized carbons (Fsp3) is 1.00. The molecule has 0 spiro atoms. The van der Waals surface area contributed by atoms with E-state index < -0.39 is 0 Å². The van der Waals surface area contributed by atoms with Gasteiger partial charge in [0, 0.05) is 6.04 Å². The zero-order valence-electron chi connectivity index (χ0n) is 9.23. The lowest BCUT2D eigenvalue weighted by Crippen LogP contribution is -2.52. The van der Waals surface area contributed by atoms with Crippen LogP contribution in [0.4, 0.5) is 0 Å². The van der Waals surface area contributed by atoms with E-state index in [9.17, 15) is 0 Å². The molecule has 0 radical (unpaired) electrons. The van der Waals surface area contributed by atoms with Crippen LogP contribution in [0.1, 0.15) is 51.4 Å². The number of piperidine rings is 1. The summed E-state index contributed by atoms with van der Waals surface area (Å²) in [5.41, 5.74) is 6.49. The van der Waals surface area contributed by atoms with E-state index in [0.29, 0.717) is 5.41 Å². The smallest absolute Gasteiger partial charge is 0.0136 e. The molecule has 1 atom stereocenters. The van der Waals surface area contributed by atoms with Gasteiger partial charge in [0.1, 0.15) is 0 Å². The van der Waals surface area contributed by atoms with Crippen molar-refractivity contribution in [3.05, 3.63) is 0 Å². The summed E-state index contributed by atoms with van der Waals surface area (Å²) >= 11 is 0. The summed E-state index contributed by atoms with van der Waals surface area (Å²) < 4.78 is 0. The van der Waals surface area contributed by atoms with Crippen LogP contribution in [0.3, 0.4) is 0 Å². The average Bonchev–Trinajstić information content (AvgIpc) is 2.31. The first kappa shape index (κ1) is 10.4. The number of nitrogens with one attached hydrogen (secondary N) is 1. The van der Waals surface area contributed by atoms with Gasteiger partial charge in [-0.15, -0.1) is 0 Å². The van der Waals surface area contributed by atoms with Crippen LogP contribution in [-0.2, 0) is 0 Å². The van der Waals surface area contributed by atoms with Crippen LogP contribution in [-0.4, -0.2) is 19.1 Å². The summed E-state index contributed by atoms with van der Waals surface area (Å²) in [6, 6.07) is 0.724. The van der Waals surface area contributed by atoms with Crippen LogP contribution >= 0.6 is 0 Å². The first-order valence-electron chi connectivity index (χ1n) is 6.31. The highest BCUT2D eigenvalue weighted by molar-refractivity contribution is 4.95. The van der Waals surface area contributed by atoms with E-state index in [-0.39, 0.29) is 0 Å². The molecule has 0 aromatic heterocycles. The zero-order chi connectivity index (χ0) is 9.86. The van der Waals surface area contributed by atoms with Gasteiger partial charge in [0.2, 0.25) is 0 Å². The van der Waals surface area contributed by atoms with Crippen molar-refractivity contribution in [2.75, 3.05) is 13.1 Å². The monoisotopic (exact) mass is 196 g/mol. The SMILES string of the molecule is NCC1(C2CCCCN2)CCCCC1. The maximum absolute atomic E-state index is 6.03. The van der Waals surface area contributed by atoms with Crippen LogP contribution < -0.4 is 11.1 Å². The Labute approximate surface area is 87.6 Å². The predicted octanol–water partition coefficient (Wildman–Crippen LogP) is 2.04. The topological polar surface area (TPSA) is 38.0 Å². The molecule has 2 nitrogen and oxygen atoms in total. The summed E-state index contributed by atoms with van der Waals surface area (Å²) in [4.78, 5) is 0. The van der Waals surface area contributed by atoms with Crippen molar-refractivity contribution in [2.45, 2.75) is 57.4 Å². The van der Waals surface area contributed by atoms with Crippen LogP contribution in [0.2, 0.25) is 0 Å². The predicted molar refractivity (Wildman–Crippen MR) is 60.2 cm³/mol. The Hall–Kier alpha value is -0.0800. The Bertz CT molecular complexity index is 167. The van der Waals surface area contributed by atoms with E-state index in [1.807, 2.05) is 0 Å². The summed E-state index contributed by atoms with van der Waals surface area (Å²) in [5.74, 6) is 0. The molecule has 2 aliphatic rings. The molecule has 2 fully saturated rings. The lowest BCUT2D eigenvalue weighted by Gasteiger charge is -2.45. The molecule has 1 heterocycles. The van der Waals surface area contributed by atoms with Gasteiger partial charge in [-0.25, -0.2) is 0 Å². The highest BCUT2D eigenvalue weighted by Gasteiger charge is 2.38. The molecule has 1 unspecified atom stereocenters. The molecule has 2 rings (SSSR count). The maximum atomic E-state index is 6.03. The van der Waals surface area contributed by atoms with Gasteiger partial charge in [-0.1, -0.05) is 25.7 Å². The van der Waals surface area contributed by atoms with E-state index in [0.717, 1.165) is 12.6 Å². The molecule has 0 amide bonds. The van der Waals surface area contributed by atoms with Crippen LogP contribution in [0.25, 0.3) is 0 Å². The highest BCUT2D eigenvalue weighted by atomic mass is 14.9. The molecule has 14 heavy (non-hydrogen) atoms. The molecule has 2 heteroatoms. The Morgan fingerprint density at radius 3 is 2.43 bits per heavy atom. The van der Waals surface area contributed by atoms with Gasteiger partial charge in [0.25, 0.3) is 0 Å². The first-order chi connectivity index (χ1) is 6.87. The van der Waals surface area contributed by atoms with Gasteiger partial charge in [0.05, 0.1) is 0 Å². The maximum Gasteiger partial charge on any atom is 0.0136 e. The minimum absolute atomic E-state index is 0.457. The molecule has 1 aliphatic carbocycles. The molecular weight excluding hydrogens is 172 g/mol. The van der Waals surface area contributed by atoms with Crippen molar-refractivity contribution in [2.24, 2.45) is 11.1 Å². The lowest BCUT2D eigenvalue weighted by atomic mass is 9.67. The number of hydrogen-bond acceptors (Lipinski definition) is 2. The summed E-state index contributed by atoms with van der Waals surface area (Å²) in [6.45, 7) is 2.11. The minimum Gasteiger partial charge on any atom is -0.330 e. The Morgan fingerprint density at radius 1 is 1.07 bits per heavy atom. The van der Waals surface area contributed by atoms with E-state index in [1.165, 1.54) is 57.9 Å². The molecule has 0 aromatic rings. The first-order valence-corrected chi connectivity index (χ1v) is 6.31. The van der Waals surface area contributed by atoms with E-state index >= 15 is 0 Å². The van der Waals surface area contributed by atoms with Gasteiger partial charge < -0.3 is 11.1 Å². The fourth-order valence-corrected chi connectivity index (χ4v) is 3.33. The molecule has 1 aliphatic heterocycles. The van der Waals surface area contributed by atoms with Crippen LogP contribution in [0, 0.1) is 5.41 Å². The second-order valence-electron chi connectivity index (χ2n) is 5.13. The summed E-state index contributed by atoms with van der Waals surface area (Å²) in [7, 11) is 0. The second-order valence-corrected chi connectivity index (χ2v) is 5.13. The van der Waals surface area contributed by atoms with Crippen molar-refractivity contribution < 1.29 is 0 Å². The number of hydrogen-bond donors (Lipinski definition) is 2. The normalized spacial score (nSPS) is 32.8. The van der Waals surface area contributed by atoms with Crippen molar-refractivity contribution >= 4 is 0 Å². The lowest BCUT2D eigenvalue weighted by molar-refractivity contribution is 0.112. The molecule has 82 valence electrons. The molecular formula is C12H24N2. The van der Waals surface area contributed by atoms with Crippen LogP contribution in [0.5, 0.6) is 0 Å². The highest BCUT2D eigenvalue weighted by Crippen LogP contribution is 2.40. The van der Waals surface area contributed by atoms with Crippen LogP contribution in [0.15, 0.2) is 0 Å². The number of rotatable bonds is 2. The zero-order valence-corrected chi connectivity index (χ0v) is 9.23. The van der Waals surface area contributed by atoms with E-state index in [4.69, 9.17) is 5.73 Å². The van der Waals surface area contributed by atoms with Gasteiger partial charge >= 0.3 is 0 Å². The van der Waals surface area contributed by atoms with Crippen molar-refractivity contribution in [3.8, 4) is 0 Å². The minimum atomic E-state index is 0.457. The average molecular weight is 196 g/mol. The quantitative estimate of drug-likeness (QED) is 0.709. The second kappa shape index (κ2) is 4.63. The van der Waals surface area contributed by atoms with E-state index in [2.05, 4.69) is 5.32 Å². The van der Waals surface area contributed by atoms with Gasteiger partial charge in [-0.2, -0.15) is 0 Å². The van der Waals surface area contributed by atoms with Crippen molar-refractivity contribution in [1.29, 1.82) is 0 Å². The van der Waals surface area contributed by atoms with Gasteiger partial charge in [-0.3, -0.25) is 0 Å². The van der Waals surface area contributed by atoms with Crippen molar-refractivity contribution in [1.82, 2.24) is 5.32 Å². The fourth-order valence-electron chi connectivity index (χ4n) is 3.33. The number of nitrogens with two attached hydrogens (primary N) is 1. The third kappa shape index (κ3) is 1.96. The van der Waals surface area contributed by atoms with Gasteiger partial charge in [-0.05, 0) is 44.2 Å². The standard InChI is InChI=1S/C12H24N2/c13-10-12(7-3-1-4-8-12)11-6-2-5-9-14-11/h11,14H,1-10,13H2. The molecule has 0 bridgehead atoms. The summed E-state index contributed by atoms with van der Waals surface area (Å²) in [5, 5.41) is 3.70. The molecule has 1 saturated heterocycles. The molecule has 0 aromatic carbocycles. The Kier molecular flexibility index (Phi) is 3.45. The summed E-state index contributed by atoms with van der Waals surface area (Å²) in [6.07, 6.45) is 11.1.